The fraction of sp³-hybridized carbons (Fsp3) is 0.120. The van der Waals surface area contributed by atoms with Crippen LogP contribution in [0.5, 0.6) is 0 Å². The topological polar surface area (TPSA) is 49.4 Å². The van der Waals surface area contributed by atoms with Gasteiger partial charge in [0.2, 0.25) is 0 Å². The van der Waals surface area contributed by atoms with E-state index in [-0.39, 0.29) is 17.5 Å². The van der Waals surface area contributed by atoms with Gasteiger partial charge in [0.15, 0.2) is 0 Å². The maximum absolute atomic E-state index is 13.4. The van der Waals surface area contributed by atoms with Crippen LogP contribution in [0.2, 0.25) is 5.02 Å². The van der Waals surface area contributed by atoms with E-state index >= 15 is 0 Å². The highest BCUT2D eigenvalue weighted by molar-refractivity contribution is 6.46. The summed E-state index contributed by atoms with van der Waals surface area (Å²) in [4.78, 5) is 28.1. The number of rotatable bonds is 4. The number of halogens is 1. The molecule has 1 aliphatic heterocycles. The third kappa shape index (κ3) is 3.62. The summed E-state index contributed by atoms with van der Waals surface area (Å²) in [5.74, 6) is -0.723. The average molecular weight is 417 g/mol. The van der Waals surface area contributed by atoms with Crippen LogP contribution in [0.25, 0.3) is 5.57 Å². The molecule has 4 nitrogen and oxygen atoms in total. The minimum Gasteiger partial charge on any atom is -0.350 e. The van der Waals surface area contributed by atoms with E-state index in [1.165, 1.54) is 4.90 Å². The summed E-state index contributed by atoms with van der Waals surface area (Å²) in [7, 11) is 0. The van der Waals surface area contributed by atoms with Crippen LogP contribution in [0, 0.1) is 20.8 Å². The second-order valence-electron chi connectivity index (χ2n) is 7.48. The lowest BCUT2D eigenvalue weighted by atomic mass is 10.0. The van der Waals surface area contributed by atoms with Crippen LogP contribution in [-0.4, -0.2) is 11.8 Å². The maximum Gasteiger partial charge on any atom is 0.282 e. The molecule has 0 aliphatic carbocycles. The van der Waals surface area contributed by atoms with Gasteiger partial charge >= 0.3 is 0 Å². The quantitative estimate of drug-likeness (QED) is 0.558. The van der Waals surface area contributed by atoms with Crippen molar-refractivity contribution in [3.8, 4) is 0 Å². The monoisotopic (exact) mass is 416 g/mol. The van der Waals surface area contributed by atoms with Gasteiger partial charge in [-0.1, -0.05) is 53.6 Å². The normalized spacial score (nSPS) is 13.9. The number of aryl methyl sites for hydroxylation is 3. The minimum absolute atomic E-state index is 0.260. The van der Waals surface area contributed by atoms with Gasteiger partial charge in [-0.25, -0.2) is 4.90 Å². The van der Waals surface area contributed by atoms with Crippen LogP contribution in [-0.2, 0) is 9.59 Å². The molecule has 1 N–H and O–H groups in total. The van der Waals surface area contributed by atoms with E-state index < -0.39 is 0 Å². The molecular weight excluding hydrogens is 396 g/mol. The summed E-state index contributed by atoms with van der Waals surface area (Å²) >= 11 is 6.07. The van der Waals surface area contributed by atoms with Crippen molar-refractivity contribution in [1.82, 2.24) is 0 Å². The molecule has 3 aromatic rings. The van der Waals surface area contributed by atoms with Gasteiger partial charge in [-0.05, 0) is 67.8 Å². The predicted octanol–water partition coefficient (Wildman–Crippen LogP) is 5.66. The number of nitrogens with zero attached hydrogens (tertiary/aromatic N) is 1. The number of hydrogen-bond donors (Lipinski definition) is 1. The fourth-order valence-corrected chi connectivity index (χ4v) is 3.76. The van der Waals surface area contributed by atoms with E-state index in [1.807, 2.05) is 75.4 Å². The number of imide groups is 1. The molecule has 0 radical (unpaired) electrons. The van der Waals surface area contributed by atoms with Crippen molar-refractivity contribution < 1.29 is 9.59 Å². The SMILES string of the molecule is Cc1ccc(C2=C(Nc3ccc(Cl)cc3C)C(=O)N(c3cccc(C)c3)C2=O)cc1. The van der Waals surface area contributed by atoms with Crippen LogP contribution < -0.4 is 10.2 Å². The van der Waals surface area contributed by atoms with Crippen LogP contribution in [0.15, 0.2) is 72.4 Å². The Labute approximate surface area is 180 Å². The third-order valence-electron chi connectivity index (χ3n) is 5.13. The number of amides is 2. The van der Waals surface area contributed by atoms with Gasteiger partial charge in [0, 0.05) is 10.7 Å². The number of hydrogen-bond acceptors (Lipinski definition) is 3. The maximum atomic E-state index is 13.4. The average Bonchev–Trinajstić information content (AvgIpc) is 2.94. The van der Waals surface area contributed by atoms with E-state index in [4.69, 9.17) is 11.6 Å². The lowest BCUT2D eigenvalue weighted by Crippen LogP contribution is -2.32. The molecule has 0 bridgehead atoms. The summed E-state index contributed by atoms with van der Waals surface area (Å²) in [6, 6.07) is 20.3. The summed E-state index contributed by atoms with van der Waals surface area (Å²) < 4.78 is 0. The van der Waals surface area contributed by atoms with Crippen molar-refractivity contribution in [1.29, 1.82) is 0 Å². The number of benzene rings is 3. The molecule has 0 spiro atoms. The first-order valence-electron chi connectivity index (χ1n) is 9.65. The molecule has 150 valence electrons. The van der Waals surface area contributed by atoms with Crippen molar-refractivity contribution in [3.05, 3.63) is 99.7 Å². The van der Waals surface area contributed by atoms with Crippen molar-refractivity contribution >= 4 is 40.4 Å². The number of nitrogens with one attached hydrogen (secondary N) is 1. The largest absolute Gasteiger partial charge is 0.350 e. The van der Waals surface area contributed by atoms with E-state index in [9.17, 15) is 9.59 Å². The molecule has 5 heteroatoms. The van der Waals surface area contributed by atoms with Gasteiger partial charge in [-0.15, -0.1) is 0 Å². The summed E-state index contributed by atoms with van der Waals surface area (Å²) in [5.41, 5.74) is 5.53. The van der Waals surface area contributed by atoms with Crippen molar-refractivity contribution in [2.45, 2.75) is 20.8 Å². The molecule has 4 rings (SSSR count). The zero-order chi connectivity index (χ0) is 21.4. The predicted molar refractivity (Wildman–Crippen MR) is 122 cm³/mol. The summed E-state index contributed by atoms with van der Waals surface area (Å²) in [6.07, 6.45) is 0. The summed E-state index contributed by atoms with van der Waals surface area (Å²) in [6.45, 7) is 5.81. The number of carbonyl (C=O) groups is 2. The van der Waals surface area contributed by atoms with Gasteiger partial charge in [0.1, 0.15) is 5.70 Å². The van der Waals surface area contributed by atoms with E-state index in [1.54, 1.807) is 12.1 Å². The smallest absolute Gasteiger partial charge is 0.282 e. The first-order chi connectivity index (χ1) is 14.3. The van der Waals surface area contributed by atoms with Crippen molar-refractivity contribution in [3.63, 3.8) is 0 Å². The molecule has 30 heavy (non-hydrogen) atoms. The highest BCUT2D eigenvalue weighted by Gasteiger charge is 2.40. The Bertz CT molecular complexity index is 1200. The van der Waals surface area contributed by atoms with Crippen LogP contribution in [0.3, 0.4) is 0 Å². The second-order valence-corrected chi connectivity index (χ2v) is 7.92. The van der Waals surface area contributed by atoms with E-state index in [0.29, 0.717) is 21.8 Å². The number of anilines is 2. The lowest BCUT2D eigenvalue weighted by Gasteiger charge is -2.16. The van der Waals surface area contributed by atoms with Crippen molar-refractivity contribution in [2.75, 3.05) is 10.2 Å². The molecule has 2 amide bonds. The molecule has 0 unspecified atom stereocenters. The third-order valence-corrected chi connectivity index (χ3v) is 5.37. The van der Waals surface area contributed by atoms with E-state index in [0.717, 1.165) is 22.4 Å². The molecule has 0 aromatic heterocycles. The number of carbonyl (C=O) groups excluding carboxylic acids is 2. The highest BCUT2D eigenvalue weighted by atomic mass is 35.5. The first-order valence-corrected chi connectivity index (χ1v) is 10.0. The molecule has 0 atom stereocenters. The molecule has 1 heterocycles. The molecule has 0 saturated carbocycles. The van der Waals surface area contributed by atoms with Crippen LogP contribution in [0.1, 0.15) is 22.3 Å². The minimum atomic E-state index is -0.379. The molecular formula is C25H21ClN2O2. The second kappa shape index (κ2) is 7.81. The molecule has 1 aliphatic rings. The zero-order valence-electron chi connectivity index (χ0n) is 17.0. The van der Waals surface area contributed by atoms with E-state index in [2.05, 4.69) is 5.32 Å². The first kappa shape index (κ1) is 19.9. The van der Waals surface area contributed by atoms with Crippen LogP contribution in [0.4, 0.5) is 11.4 Å². The Balaban J connectivity index is 1.84. The molecule has 0 fully saturated rings. The van der Waals surface area contributed by atoms with Gasteiger partial charge in [-0.2, -0.15) is 0 Å². The van der Waals surface area contributed by atoms with Crippen LogP contribution >= 0.6 is 11.6 Å². The standard InChI is InChI=1S/C25H21ClN2O2/c1-15-7-9-18(10-8-15)22-23(27-21-12-11-19(26)14-17(21)3)25(30)28(24(22)29)20-6-4-5-16(2)13-20/h4-14,27H,1-3H3. The van der Waals surface area contributed by atoms with Gasteiger partial charge < -0.3 is 5.32 Å². The van der Waals surface area contributed by atoms with Gasteiger partial charge in [-0.3, -0.25) is 9.59 Å². The molecule has 0 saturated heterocycles. The Morgan fingerprint density at radius 3 is 2.20 bits per heavy atom. The Morgan fingerprint density at radius 2 is 1.53 bits per heavy atom. The van der Waals surface area contributed by atoms with Gasteiger partial charge in [0.25, 0.3) is 11.8 Å². The highest BCUT2D eigenvalue weighted by Crippen LogP contribution is 2.35. The Hall–Kier alpha value is -3.37. The summed E-state index contributed by atoms with van der Waals surface area (Å²) in [5, 5.41) is 3.82. The molecule has 3 aromatic carbocycles. The Kier molecular flexibility index (Phi) is 5.18. The van der Waals surface area contributed by atoms with Crippen molar-refractivity contribution in [2.24, 2.45) is 0 Å². The zero-order valence-corrected chi connectivity index (χ0v) is 17.7. The fourth-order valence-electron chi connectivity index (χ4n) is 3.54. The van der Waals surface area contributed by atoms with Gasteiger partial charge in [0.05, 0.1) is 11.3 Å². The lowest BCUT2D eigenvalue weighted by molar-refractivity contribution is -0.120. The Morgan fingerprint density at radius 1 is 0.800 bits per heavy atom.